The predicted molar refractivity (Wildman–Crippen MR) is 113 cm³/mol. The number of fused-ring (bicyclic) bond motifs is 1. The molecule has 5 heteroatoms. The monoisotopic (exact) mass is 383 g/mol. The Balaban J connectivity index is 1.64. The number of aryl methyl sites for hydroxylation is 2. The van der Waals surface area contributed by atoms with E-state index in [2.05, 4.69) is 15.5 Å². The lowest BCUT2D eigenvalue weighted by Crippen LogP contribution is -2.13. The summed E-state index contributed by atoms with van der Waals surface area (Å²) in [5.74, 6) is 0.222. The highest BCUT2D eigenvalue weighted by Gasteiger charge is 2.29. The molecule has 2 aromatic heterocycles. The van der Waals surface area contributed by atoms with Crippen LogP contribution >= 0.6 is 0 Å². The predicted octanol–water partition coefficient (Wildman–Crippen LogP) is 5.64. The molecule has 144 valence electrons. The summed E-state index contributed by atoms with van der Waals surface area (Å²) < 4.78 is 5.57. The van der Waals surface area contributed by atoms with Gasteiger partial charge < -0.3 is 9.84 Å². The van der Waals surface area contributed by atoms with E-state index in [1.165, 1.54) is 0 Å². The second-order valence-corrected chi connectivity index (χ2v) is 7.77. The van der Waals surface area contributed by atoms with Crippen LogP contribution in [0.4, 0.5) is 5.69 Å². The zero-order valence-electron chi connectivity index (χ0n) is 16.4. The van der Waals surface area contributed by atoms with Crippen LogP contribution in [0.3, 0.4) is 0 Å². The number of anilines is 1. The quantitative estimate of drug-likeness (QED) is 0.495. The molecule has 29 heavy (non-hydrogen) atoms. The van der Waals surface area contributed by atoms with Gasteiger partial charge in [0, 0.05) is 22.9 Å². The van der Waals surface area contributed by atoms with Gasteiger partial charge in [0.15, 0.2) is 0 Å². The fourth-order valence-corrected chi connectivity index (χ4v) is 3.57. The number of nitrogens with zero attached hydrogens (tertiary/aromatic N) is 2. The van der Waals surface area contributed by atoms with Gasteiger partial charge >= 0.3 is 0 Å². The molecule has 0 radical (unpaired) electrons. The number of carbonyl (C=O) groups is 1. The Hall–Kier alpha value is -3.47. The van der Waals surface area contributed by atoms with Gasteiger partial charge in [0.05, 0.1) is 10.9 Å². The zero-order chi connectivity index (χ0) is 20.0. The Bertz CT molecular complexity index is 1220. The summed E-state index contributed by atoms with van der Waals surface area (Å²) >= 11 is 0. The molecule has 5 rings (SSSR count). The normalized spacial score (nSPS) is 13.6. The molecule has 5 nitrogen and oxygen atoms in total. The standard InChI is InChI=1S/C24H21N3O2/c1-14-6-8-17(9-7-14)22-21-19(23(28)25-18-5-3-4-15(2)12-18)13-20(16-10-11-16)26-24(21)29-27-22/h3-9,12-13,16H,10-11H2,1-2H3,(H,25,28). The van der Waals surface area contributed by atoms with Crippen molar-refractivity contribution in [3.8, 4) is 11.3 Å². The van der Waals surface area contributed by atoms with E-state index < -0.39 is 0 Å². The van der Waals surface area contributed by atoms with Crippen LogP contribution < -0.4 is 5.32 Å². The number of nitrogens with one attached hydrogen (secondary N) is 1. The second-order valence-electron chi connectivity index (χ2n) is 7.77. The largest absolute Gasteiger partial charge is 0.335 e. The van der Waals surface area contributed by atoms with Crippen LogP contribution in [0.1, 0.15) is 45.9 Å². The third kappa shape index (κ3) is 3.40. The minimum atomic E-state index is -0.179. The van der Waals surface area contributed by atoms with Gasteiger partial charge in [0.25, 0.3) is 11.6 Å². The summed E-state index contributed by atoms with van der Waals surface area (Å²) in [7, 11) is 0. The van der Waals surface area contributed by atoms with Gasteiger partial charge in [-0.3, -0.25) is 4.79 Å². The molecule has 1 saturated carbocycles. The maximum atomic E-state index is 13.3. The molecule has 1 N–H and O–H groups in total. The van der Waals surface area contributed by atoms with E-state index in [0.717, 1.165) is 40.9 Å². The van der Waals surface area contributed by atoms with Crippen molar-refractivity contribution in [3.63, 3.8) is 0 Å². The molecule has 1 aliphatic carbocycles. The summed E-state index contributed by atoms with van der Waals surface area (Å²) in [5.41, 5.74) is 6.43. The molecular weight excluding hydrogens is 362 g/mol. The van der Waals surface area contributed by atoms with Gasteiger partial charge in [0.1, 0.15) is 5.69 Å². The van der Waals surface area contributed by atoms with Crippen molar-refractivity contribution in [3.05, 3.63) is 77.0 Å². The summed E-state index contributed by atoms with van der Waals surface area (Å²) in [6, 6.07) is 17.7. The molecule has 2 heterocycles. The van der Waals surface area contributed by atoms with E-state index in [0.29, 0.717) is 28.3 Å². The minimum Gasteiger partial charge on any atom is -0.335 e. The van der Waals surface area contributed by atoms with Crippen LogP contribution in [-0.4, -0.2) is 16.0 Å². The Morgan fingerprint density at radius 2 is 1.83 bits per heavy atom. The highest BCUT2D eigenvalue weighted by molar-refractivity contribution is 6.14. The molecule has 4 aromatic rings. The minimum absolute atomic E-state index is 0.179. The number of pyridine rings is 1. The first-order chi connectivity index (χ1) is 14.1. The Morgan fingerprint density at radius 3 is 2.55 bits per heavy atom. The number of carbonyl (C=O) groups excluding carboxylic acids is 1. The van der Waals surface area contributed by atoms with Crippen LogP contribution in [0.5, 0.6) is 0 Å². The molecule has 0 saturated heterocycles. The third-order valence-electron chi connectivity index (χ3n) is 5.31. The summed E-state index contributed by atoms with van der Waals surface area (Å²) in [6.45, 7) is 4.04. The Kier molecular flexibility index (Phi) is 4.16. The zero-order valence-corrected chi connectivity index (χ0v) is 16.4. The first-order valence-corrected chi connectivity index (χ1v) is 9.84. The van der Waals surface area contributed by atoms with Crippen LogP contribution in [0.25, 0.3) is 22.4 Å². The number of hydrogen-bond donors (Lipinski definition) is 1. The van der Waals surface area contributed by atoms with Gasteiger partial charge in [-0.2, -0.15) is 0 Å². The summed E-state index contributed by atoms with van der Waals surface area (Å²) in [4.78, 5) is 17.9. The summed E-state index contributed by atoms with van der Waals surface area (Å²) in [6.07, 6.45) is 2.19. The topological polar surface area (TPSA) is 68.0 Å². The average molecular weight is 383 g/mol. The first-order valence-electron chi connectivity index (χ1n) is 9.84. The lowest BCUT2D eigenvalue weighted by atomic mass is 10.0. The Labute approximate surface area is 168 Å². The molecule has 1 fully saturated rings. The highest BCUT2D eigenvalue weighted by Crippen LogP contribution is 2.41. The number of hydrogen-bond acceptors (Lipinski definition) is 4. The molecule has 1 aliphatic rings. The molecule has 1 amide bonds. The molecule has 0 atom stereocenters. The maximum absolute atomic E-state index is 13.3. The van der Waals surface area contributed by atoms with Gasteiger partial charge in [-0.25, -0.2) is 4.98 Å². The lowest BCUT2D eigenvalue weighted by Gasteiger charge is -2.09. The molecule has 0 bridgehead atoms. The fourth-order valence-electron chi connectivity index (χ4n) is 3.57. The smallest absolute Gasteiger partial charge is 0.259 e. The van der Waals surface area contributed by atoms with Crippen molar-refractivity contribution in [1.82, 2.24) is 10.1 Å². The average Bonchev–Trinajstić information content (AvgIpc) is 3.47. The van der Waals surface area contributed by atoms with E-state index in [-0.39, 0.29) is 5.91 Å². The van der Waals surface area contributed by atoms with Crippen molar-refractivity contribution < 1.29 is 9.32 Å². The molecule has 0 aliphatic heterocycles. The number of rotatable bonds is 4. The fraction of sp³-hybridized carbons (Fsp3) is 0.208. The number of benzene rings is 2. The van der Waals surface area contributed by atoms with Gasteiger partial charge in [-0.1, -0.05) is 47.1 Å². The maximum Gasteiger partial charge on any atom is 0.259 e. The molecule has 0 unspecified atom stereocenters. The SMILES string of the molecule is Cc1ccc(-c2noc3nc(C4CC4)cc(C(=O)Nc4cccc(C)c4)c23)cc1. The van der Waals surface area contributed by atoms with Crippen LogP contribution in [0, 0.1) is 13.8 Å². The molecule has 0 spiro atoms. The van der Waals surface area contributed by atoms with Crippen LogP contribution in [0.2, 0.25) is 0 Å². The van der Waals surface area contributed by atoms with E-state index in [9.17, 15) is 4.79 Å². The third-order valence-corrected chi connectivity index (χ3v) is 5.31. The number of amides is 1. The lowest BCUT2D eigenvalue weighted by molar-refractivity contribution is 0.102. The highest BCUT2D eigenvalue weighted by atomic mass is 16.5. The first kappa shape index (κ1) is 17.6. The van der Waals surface area contributed by atoms with Crippen molar-refractivity contribution >= 4 is 22.7 Å². The Morgan fingerprint density at radius 1 is 1.03 bits per heavy atom. The van der Waals surface area contributed by atoms with Crippen molar-refractivity contribution in [2.24, 2.45) is 0 Å². The van der Waals surface area contributed by atoms with Gasteiger partial charge in [-0.15, -0.1) is 0 Å². The van der Waals surface area contributed by atoms with Crippen molar-refractivity contribution in [2.75, 3.05) is 5.32 Å². The second kappa shape index (κ2) is 6.85. The van der Waals surface area contributed by atoms with E-state index >= 15 is 0 Å². The summed E-state index contributed by atoms with van der Waals surface area (Å²) in [5, 5.41) is 7.94. The van der Waals surface area contributed by atoms with Gasteiger partial charge in [0.2, 0.25) is 0 Å². The van der Waals surface area contributed by atoms with Crippen molar-refractivity contribution in [1.29, 1.82) is 0 Å². The van der Waals surface area contributed by atoms with Crippen LogP contribution in [-0.2, 0) is 0 Å². The molecular formula is C24H21N3O2. The molecule has 2 aromatic carbocycles. The number of aromatic nitrogens is 2. The van der Waals surface area contributed by atoms with E-state index in [1.54, 1.807) is 0 Å². The van der Waals surface area contributed by atoms with E-state index in [4.69, 9.17) is 4.52 Å². The van der Waals surface area contributed by atoms with E-state index in [1.807, 2.05) is 68.4 Å². The van der Waals surface area contributed by atoms with Crippen molar-refractivity contribution in [2.45, 2.75) is 32.6 Å². The van der Waals surface area contributed by atoms with Crippen LogP contribution in [0.15, 0.2) is 59.1 Å². The van der Waals surface area contributed by atoms with Gasteiger partial charge in [-0.05, 0) is 50.5 Å².